The third-order valence-electron chi connectivity index (χ3n) is 2.68. The summed E-state index contributed by atoms with van der Waals surface area (Å²) in [5.41, 5.74) is 6.87. The second-order valence-electron chi connectivity index (χ2n) is 4.14. The van der Waals surface area contributed by atoms with E-state index in [1.54, 1.807) is 0 Å². The van der Waals surface area contributed by atoms with Crippen molar-refractivity contribution >= 4 is 21.7 Å². The third-order valence-corrected chi connectivity index (χ3v) is 3.66. The smallest absolute Gasteiger partial charge is 0.143 e. The van der Waals surface area contributed by atoms with Crippen LogP contribution < -0.4 is 10.6 Å². The molecular weight excluding hydrogens is 266 g/mol. The molecule has 1 rings (SSSR count). The van der Waals surface area contributed by atoms with Gasteiger partial charge in [-0.15, -0.1) is 0 Å². The lowest BCUT2D eigenvalue weighted by atomic mass is 10.1. The topological polar surface area (TPSA) is 42.1 Å². The van der Waals surface area contributed by atoms with Gasteiger partial charge in [0, 0.05) is 19.3 Å². The number of hydrogen-bond acceptors (Lipinski definition) is 3. The first-order chi connectivity index (χ1) is 7.60. The summed E-state index contributed by atoms with van der Waals surface area (Å²) in [5.74, 6) is 1.50. The summed E-state index contributed by atoms with van der Waals surface area (Å²) in [4.78, 5) is 6.69. The molecule has 0 bridgehead atoms. The quantitative estimate of drug-likeness (QED) is 0.904. The first-order valence-corrected chi connectivity index (χ1v) is 6.45. The van der Waals surface area contributed by atoms with Gasteiger partial charge in [-0.25, -0.2) is 4.98 Å². The highest BCUT2D eigenvalue weighted by atomic mass is 79.9. The molecule has 90 valence electrons. The van der Waals surface area contributed by atoms with Crippen molar-refractivity contribution in [2.45, 2.75) is 20.8 Å². The first-order valence-electron chi connectivity index (χ1n) is 5.66. The molecule has 0 saturated carbocycles. The van der Waals surface area contributed by atoms with Crippen molar-refractivity contribution in [1.82, 2.24) is 4.98 Å². The van der Waals surface area contributed by atoms with Crippen LogP contribution in [0.1, 0.15) is 19.4 Å². The lowest BCUT2D eigenvalue weighted by Gasteiger charge is -2.26. The summed E-state index contributed by atoms with van der Waals surface area (Å²) in [6.45, 7) is 8.98. The molecule has 1 atom stereocenters. The minimum atomic E-state index is 0.481. The number of pyridine rings is 1. The lowest BCUT2D eigenvalue weighted by Crippen LogP contribution is -2.32. The van der Waals surface area contributed by atoms with Crippen LogP contribution in [0, 0.1) is 12.8 Å². The van der Waals surface area contributed by atoms with Crippen LogP contribution in [0.2, 0.25) is 0 Å². The molecule has 2 N–H and O–H groups in total. The molecule has 3 nitrogen and oxygen atoms in total. The number of nitrogens with two attached hydrogens (primary N) is 1. The highest BCUT2D eigenvalue weighted by molar-refractivity contribution is 9.10. The number of rotatable bonds is 5. The summed E-state index contributed by atoms with van der Waals surface area (Å²) < 4.78 is 1.08. The van der Waals surface area contributed by atoms with E-state index in [4.69, 9.17) is 5.73 Å². The molecule has 1 aromatic heterocycles. The van der Waals surface area contributed by atoms with E-state index in [0.717, 1.165) is 23.4 Å². The number of anilines is 1. The van der Waals surface area contributed by atoms with Crippen LogP contribution in [0.25, 0.3) is 0 Å². The van der Waals surface area contributed by atoms with Gasteiger partial charge < -0.3 is 10.6 Å². The fourth-order valence-electron chi connectivity index (χ4n) is 1.56. The summed E-state index contributed by atoms with van der Waals surface area (Å²) in [6.07, 6.45) is 1.85. The number of aryl methyl sites for hydroxylation is 1. The highest BCUT2D eigenvalue weighted by Crippen LogP contribution is 2.27. The predicted octanol–water partition coefficient (Wildman–Crippen LogP) is 2.57. The van der Waals surface area contributed by atoms with Crippen LogP contribution >= 0.6 is 15.9 Å². The molecule has 1 unspecified atom stereocenters. The van der Waals surface area contributed by atoms with E-state index in [-0.39, 0.29) is 0 Å². The molecule has 0 aliphatic rings. The Kier molecular flexibility index (Phi) is 5.22. The molecule has 0 amide bonds. The Morgan fingerprint density at radius 3 is 2.81 bits per heavy atom. The number of hydrogen-bond donors (Lipinski definition) is 1. The van der Waals surface area contributed by atoms with Gasteiger partial charge >= 0.3 is 0 Å². The Morgan fingerprint density at radius 1 is 1.56 bits per heavy atom. The highest BCUT2D eigenvalue weighted by Gasteiger charge is 2.13. The maximum Gasteiger partial charge on any atom is 0.143 e. The first kappa shape index (κ1) is 13.5. The fraction of sp³-hybridized carbons (Fsp3) is 0.583. The molecule has 1 heterocycles. The van der Waals surface area contributed by atoms with Gasteiger partial charge in [0.25, 0.3) is 0 Å². The van der Waals surface area contributed by atoms with Gasteiger partial charge in [0.2, 0.25) is 0 Å². The maximum atomic E-state index is 5.66. The largest absolute Gasteiger partial charge is 0.356 e. The number of aromatic nitrogens is 1. The average molecular weight is 286 g/mol. The summed E-state index contributed by atoms with van der Waals surface area (Å²) in [7, 11) is 0. The minimum absolute atomic E-state index is 0.481. The Balaban J connectivity index is 2.90. The van der Waals surface area contributed by atoms with Crippen LogP contribution in [0.15, 0.2) is 16.7 Å². The van der Waals surface area contributed by atoms with Crippen LogP contribution in [0.5, 0.6) is 0 Å². The van der Waals surface area contributed by atoms with E-state index in [1.165, 1.54) is 5.56 Å². The maximum absolute atomic E-state index is 5.66. The van der Waals surface area contributed by atoms with E-state index in [1.807, 2.05) is 12.3 Å². The fourth-order valence-corrected chi connectivity index (χ4v) is 2.05. The standard InChI is InChI=1S/C12H20BrN3/c1-4-16(8-9(2)7-14)12-11(13)10(3)5-6-15-12/h5-6,9H,4,7-8,14H2,1-3H3. The number of halogens is 1. The SMILES string of the molecule is CCN(CC(C)CN)c1nccc(C)c1Br. The van der Waals surface area contributed by atoms with Crippen molar-refractivity contribution in [2.75, 3.05) is 24.5 Å². The molecule has 1 aromatic rings. The van der Waals surface area contributed by atoms with Crippen molar-refractivity contribution in [3.63, 3.8) is 0 Å². The van der Waals surface area contributed by atoms with Crippen molar-refractivity contribution < 1.29 is 0 Å². The monoisotopic (exact) mass is 285 g/mol. The van der Waals surface area contributed by atoms with Crippen molar-refractivity contribution in [2.24, 2.45) is 11.7 Å². The van der Waals surface area contributed by atoms with Gasteiger partial charge in [0.1, 0.15) is 5.82 Å². The van der Waals surface area contributed by atoms with Crippen LogP contribution in [0.3, 0.4) is 0 Å². The zero-order valence-corrected chi connectivity index (χ0v) is 11.8. The summed E-state index contributed by atoms with van der Waals surface area (Å²) >= 11 is 3.60. The predicted molar refractivity (Wildman–Crippen MR) is 72.8 cm³/mol. The Bertz CT molecular complexity index is 341. The summed E-state index contributed by atoms with van der Waals surface area (Å²) in [6, 6.07) is 2.01. The molecule has 4 heteroatoms. The third kappa shape index (κ3) is 3.19. The van der Waals surface area contributed by atoms with Crippen LogP contribution in [-0.4, -0.2) is 24.6 Å². The van der Waals surface area contributed by atoms with E-state index in [9.17, 15) is 0 Å². The molecule has 0 aromatic carbocycles. The normalized spacial score (nSPS) is 12.6. The molecular formula is C12H20BrN3. The lowest BCUT2D eigenvalue weighted by molar-refractivity contribution is 0.572. The molecule has 0 saturated heterocycles. The van der Waals surface area contributed by atoms with Gasteiger partial charge in [-0.05, 0) is 53.9 Å². The molecule has 0 aliphatic carbocycles. The van der Waals surface area contributed by atoms with Gasteiger partial charge in [0.05, 0.1) is 4.47 Å². The molecule has 0 fully saturated rings. The summed E-state index contributed by atoms with van der Waals surface area (Å²) in [5, 5.41) is 0. The van der Waals surface area contributed by atoms with E-state index in [2.05, 4.69) is 46.6 Å². The van der Waals surface area contributed by atoms with Crippen molar-refractivity contribution in [3.8, 4) is 0 Å². The Hall–Kier alpha value is -0.610. The minimum Gasteiger partial charge on any atom is -0.356 e. The molecule has 0 radical (unpaired) electrons. The average Bonchev–Trinajstić information content (AvgIpc) is 2.29. The van der Waals surface area contributed by atoms with Crippen LogP contribution in [-0.2, 0) is 0 Å². The van der Waals surface area contributed by atoms with Gasteiger partial charge in [0.15, 0.2) is 0 Å². The Labute approximate surface area is 106 Å². The van der Waals surface area contributed by atoms with Gasteiger partial charge in [-0.1, -0.05) is 6.92 Å². The van der Waals surface area contributed by atoms with Gasteiger partial charge in [-0.3, -0.25) is 0 Å². The van der Waals surface area contributed by atoms with Crippen molar-refractivity contribution in [1.29, 1.82) is 0 Å². The molecule has 0 spiro atoms. The van der Waals surface area contributed by atoms with Crippen molar-refractivity contribution in [3.05, 3.63) is 22.3 Å². The van der Waals surface area contributed by atoms with Gasteiger partial charge in [-0.2, -0.15) is 0 Å². The molecule has 0 aliphatic heterocycles. The second-order valence-corrected chi connectivity index (χ2v) is 4.94. The Morgan fingerprint density at radius 2 is 2.25 bits per heavy atom. The van der Waals surface area contributed by atoms with E-state index in [0.29, 0.717) is 12.5 Å². The zero-order chi connectivity index (χ0) is 12.1. The van der Waals surface area contributed by atoms with Crippen LogP contribution in [0.4, 0.5) is 5.82 Å². The number of nitrogens with zero attached hydrogens (tertiary/aromatic N) is 2. The zero-order valence-electron chi connectivity index (χ0n) is 10.2. The molecule has 16 heavy (non-hydrogen) atoms. The van der Waals surface area contributed by atoms with E-state index < -0.39 is 0 Å². The van der Waals surface area contributed by atoms with E-state index >= 15 is 0 Å². The second kappa shape index (κ2) is 6.21.